The van der Waals surface area contributed by atoms with Crippen LogP contribution in [0.4, 0.5) is 0 Å². The van der Waals surface area contributed by atoms with E-state index in [0.717, 1.165) is 40.1 Å². The van der Waals surface area contributed by atoms with E-state index in [4.69, 9.17) is 4.74 Å². The second-order valence-corrected chi connectivity index (χ2v) is 6.98. The van der Waals surface area contributed by atoms with E-state index in [0.29, 0.717) is 13.2 Å². The van der Waals surface area contributed by atoms with Crippen LogP contribution in [0.2, 0.25) is 0 Å². The summed E-state index contributed by atoms with van der Waals surface area (Å²) >= 11 is 1.55. The van der Waals surface area contributed by atoms with E-state index < -0.39 is 0 Å². The van der Waals surface area contributed by atoms with Crippen LogP contribution in [0.3, 0.4) is 0 Å². The zero-order chi connectivity index (χ0) is 14.6. The summed E-state index contributed by atoms with van der Waals surface area (Å²) in [6.07, 6.45) is 3.57. The van der Waals surface area contributed by atoms with E-state index in [1.54, 1.807) is 11.3 Å². The number of ether oxygens (including phenoxy) is 1. The maximum Gasteiger partial charge on any atom is 0.264 e. The van der Waals surface area contributed by atoms with Crippen LogP contribution in [0, 0.1) is 6.92 Å². The number of aromatic nitrogens is 2. The molecular formula is C15H19N3O2S. The molecule has 2 fully saturated rings. The molecule has 21 heavy (non-hydrogen) atoms. The van der Waals surface area contributed by atoms with Gasteiger partial charge in [-0.3, -0.25) is 9.48 Å². The molecule has 1 saturated carbocycles. The molecule has 3 heterocycles. The molecule has 2 aromatic heterocycles. The van der Waals surface area contributed by atoms with Gasteiger partial charge in [-0.05, 0) is 32.3 Å². The number of amides is 1. The lowest BCUT2D eigenvalue weighted by Gasteiger charge is -2.37. The van der Waals surface area contributed by atoms with E-state index in [-0.39, 0.29) is 18.1 Å². The van der Waals surface area contributed by atoms with Gasteiger partial charge in [0.15, 0.2) is 0 Å². The minimum Gasteiger partial charge on any atom is -0.374 e. The minimum atomic E-state index is 0.163. The number of rotatable bonds is 1. The lowest BCUT2D eigenvalue weighted by molar-refractivity contribution is -0.0443. The van der Waals surface area contributed by atoms with Crippen molar-refractivity contribution in [1.29, 1.82) is 0 Å². The van der Waals surface area contributed by atoms with E-state index >= 15 is 0 Å². The highest BCUT2D eigenvalue weighted by Gasteiger charge is 2.39. The summed E-state index contributed by atoms with van der Waals surface area (Å²) < 4.78 is 7.66. The van der Waals surface area contributed by atoms with Crippen molar-refractivity contribution >= 4 is 27.5 Å². The molecule has 0 bridgehead atoms. The standard InChI is InChI=1S/C15H19N3O2S/c1-9-10-8-13(21-15(10)17(2)16-9)14(19)18-6-7-20-12-5-3-4-11(12)18/h8,11-12H,3-7H2,1-2H3/t11-,12-/m0/s1. The molecule has 4 rings (SSSR count). The number of morpholine rings is 1. The highest BCUT2D eigenvalue weighted by molar-refractivity contribution is 7.20. The second-order valence-electron chi connectivity index (χ2n) is 5.94. The summed E-state index contributed by atoms with van der Waals surface area (Å²) in [7, 11) is 1.93. The molecule has 0 N–H and O–H groups in total. The summed E-state index contributed by atoms with van der Waals surface area (Å²) in [6, 6.07) is 2.28. The molecule has 1 aliphatic carbocycles. The Hall–Kier alpha value is -1.40. The average molecular weight is 305 g/mol. The predicted molar refractivity (Wildman–Crippen MR) is 81.7 cm³/mol. The first kappa shape index (κ1) is 13.3. The van der Waals surface area contributed by atoms with Crippen LogP contribution in [-0.4, -0.2) is 45.9 Å². The summed E-state index contributed by atoms with van der Waals surface area (Å²) in [5.74, 6) is 0.163. The predicted octanol–water partition coefficient (Wildman–Crippen LogP) is 2.34. The topological polar surface area (TPSA) is 47.4 Å². The molecule has 1 aliphatic heterocycles. The van der Waals surface area contributed by atoms with Gasteiger partial charge in [0.25, 0.3) is 5.91 Å². The fourth-order valence-corrected chi connectivity index (χ4v) is 4.71. The van der Waals surface area contributed by atoms with Gasteiger partial charge in [0.1, 0.15) is 4.83 Å². The van der Waals surface area contributed by atoms with Gasteiger partial charge in [-0.2, -0.15) is 5.10 Å². The first-order valence-electron chi connectivity index (χ1n) is 7.51. The monoisotopic (exact) mass is 305 g/mol. The van der Waals surface area contributed by atoms with Gasteiger partial charge >= 0.3 is 0 Å². The van der Waals surface area contributed by atoms with Gasteiger partial charge in [-0.15, -0.1) is 11.3 Å². The van der Waals surface area contributed by atoms with Crippen molar-refractivity contribution in [3.63, 3.8) is 0 Å². The molecule has 0 spiro atoms. The Bertz CT molecular complexity index is 671. The molecule has 5 nitrogen and oxygen atoms in total. The third kappa shape index (κ3) is 2.00. The molecular weight excluding hydrogens is 286 g/mol. The molecule has 112 valence electrons. The molecule has 1 saturated heterocycles. The highest BCUT2D eigenvalue weighted by atomic mass is 32.1. The smallest absolute Gasteiger partial charge is 0.264 e. The van der Waals surface area contributed by atoms with Crippen molar-refractivity contribution in [2.45, 2.75) is 38.3 Å². The average Bonchev–Trinajstić information content (AvgIpc) is 3.16. The second kappa shape index (κ2) is 4.81. The third-order valence-electron chi connectivity index (χ3n) is 4.65. The number of fused-ring (bicyclic) bond motifs is 2. The van der Waals surface area contributed by atoms with E-state index in [9.17, 15) is 4.79 Å². The molecule has 0 radical (unpaired) electrons. The van der Waals surface area contributed by atoms with Crippen molar-refractivity contribution in [2.75, 3.05) is 13.2 Å². The van der Waals surface area contributed by atoms with Crippen molar-refractivity contribution < 1.29 is 9.53 Å². The van der Waals surface area contributed by atoms with E-state index in [2.05, 4.69) is 5.10 Å². The Morgan fingerprint density at radius 2 is 2.33 bits per heavy atom. The van der Waals surface area contributed by atoms with Gasteiger partial charge in [-0.1, -0.05) is 0 Å². The van der Waals surface area contributed by atoms with Gasteiger partial charge in [0, 0.05) is 19.0 Å². The Morgan fingerprint density at radius 1 is 1.48 bits per heavy atom. The van der Waals surface area contributed by atoms with Crippen molar-refractivity contribution in [2.24, 2.45) is 7.05 Å². The summed E-state index contributed by atoms with van der Waals surface area (Å²) in [5, 5.41) is 5.50. The summed E-state index contributed by atoms with van der Waals surface area (Å²) in [5.41, 5.74) is 0.989. The quantitative estimate of drug-likeness (QED) is 0.812. The maximum atomic E-state index is 12.9. The minimum absolute atomic E-state index is 0.163. The molecule has 2 aliphatic rings. The summed E-state index contributed by atoms with van der Waals surface area (Å²) in [6.45, 7) is 3.37. The molecule has 2 atom stereocenters. The van der Waals surface area contributed by atoms with Crippen LogP contribution in [0.5, 0.6) is 0 Å². The fraction of sp³-hybridized carbons (Fsp3) is 0.600. The van der Waals surface area contributed by atoms with Gasteiger partial charge in [-0.25, -0.2) is 0 Å². The lowest BCUT2D eigenvalue weighted by atomic mass is 10.1. The largest absolute Gasteiger partial charge is 0.374 e. The van der Waals surface area contributed by atoms with Crippen LogP contribution in [-0.2, 0) is 11.8 Å². The molecule has 0 unspecified atom stereocenters. The van der Waals surface area contributed by atoms with Gasteiger partial charge < -0.3 is 9.64 Å². The van der Waals surface area contributed by atoms with Crippen LogP contribution in [0.1, 0.15) is 34.6 Å². The van der Waals surface area contributed by atoms with E-state index in [1.165, 1.54) is 0 Å². The molecule has 2 aromatic rings. The van der Waals surface area contributed by atoms with Crippen LogP contribution >= 0.6 is 11.3 Å². The van der Waals surface area contributed by atoms with Crippen molar-refractivity contribution in [1.82, 2.24) is 14.7 Å². The number of carbonyl (C=O) groups excluding carboxylic acids is 1. The van der Waals surface area contributed by atoms with Crippen LogP contribution in [0.15, 0.2) is 6.07 Å². The first-order chi connectivity index (χ1) is 10.1. The van der Waals surface area contributed by atoms with Crippen molar-refractivity contribution in [3.8, 4) is 0 Å². The SMILES string of the molecule is Cc1nn(C)c2sc(C(=O)N3CCO[C@H]4CCC[C@@H]43)cc12. The number of hydrogen-bond donors (Lipinski definition) is 0. The number of nitrogens with zero attached hydrogens (tertiary/aromatic N) is 3. The zero-order valence-electron chi connectivity index (χ0n) is 12.3. The molecule has 0 aromatic carbocycles. The lowest BCUT2D eigenvalue weighted by Crippen LogP contribution is -2.51. The van der Waals surface area contributed by atoms with Crippen LogP contribution in [0.25, 0.3) is 10.2 Å². The van der Waals surface area contributed by atoms with Crippen LogP contribution < -0.4 is 0 Å². The Kier molecular flexibility index (Phi) is 3.04. The third-order valence-corrected chi connectivity index (χ3v) is 5.84. The molecule has 1 amide bonds. The van der Waals surface area contributed by atoms with Gasteiger partial charge in [0.2, 0.25) is 0 Å². The zero-order valence-corrected chi connectivity index (χ0v) is 13.2. The number of aryl methyl sites for hydroxylation is 2. The number of thiophene rings is 1. The van der Waals surface area contributed by atoms with Gasteiger partial charge in [0.05, 0.1) is 29.3 Å². The maximum absolute atomic E-state index is 12.9. The fourth-order valence-electron chi connectivity index (χ4n) is 3.63. The number of hydrogen-bond acceptors (Lipinski definition) is 4. The Labute approximate surface area is 127 Å². The van der Waals surface area contributed by atoms with Crippen molar-refractivity contribution in [3.05, 3.63) is 16.6 Å². The highest BCUT2D eigenvalue weighted by Crippen LogP contribution is 2.33. The normalized spacial score (nSPS) is 25.5. The Balaban J connectivity index is 1.67. The van der Waals surface area contributed by atoms with E-state index in [1.807, 2.05) is 29.6 Å². The Morgan fingerprint density at radius 3 is 3.14 bits per heavy atom. The molecule has 6 heteroatoms. The summed E-state index contributed by atoms with van der Waals surface area (Å²) in [4.78, 5) is 16.8. The number of carbonyl (C=O) groups is 1. The first-order valence-corrected chi connectivity index (χ1v) is 8.32.